The highest BCUT2D eigenvalue weighted by atomic mass is 127. The lowest BCUT2D eigenvalue weighted by Crippen LogP contribution is -2.52. The summed E-state index contributed by atoms with van der Waals surface area (Å²) in [6, 6.07) is 7.93. The van der Waals surface area contributed by atoms with Gasteiger partial charge in [-0.3, -0.25) is 4.79 Å². The number of piperazine rings is 1. The quantitative estimate of drug-likeness (QED) is 0.408. The molecule has 0 bridgehead atoms. The predicted molar refractivity (Wildman–Crippen MR) is 115 cm³/mol. The van der Waals surface area contributed by atoms with Gasteiger partial charge in [-0.05, 0) is 25.1 Å². The maximum atomic E-state index is 11.8. The van der Waals surface area contributed by atoms with Crippen molar-refractivity contribution in [3.05, 3.63) is 29.3 Å². The number of aliphatic imine (C=N–C) groups is 1. The lowest BCUT2D eigenvalue weighted by atomic mass is 10.2. The monoisotopic (exact) mass is 479 g/mol. The Hall–Kier alpha value is -1.22. The number of amides is 1. The maximum absolute atomic E-state index is 11.8. The largest absolute Gasteiger partial charge is 0.368 e. The van der Waals surface area contributed by atoms with Gasteiger partial charge >= 0.3 is 0 Å². The Bertz CT molecular complexity index is 588. The summed E-state index contributed by atoms with van der Waals surface area (Å²) in [6.45, 7) is 6.49. The molecule has 1 aliphatic rings. The van der Waals surface area contributed by atoms with Crippen LogP contribution in [0.1, 0.15) is 6.92 Å². The number of likely N-dealkylation sites (N-methyl/N-ethyl adjacent to an activating group) is 1. The summed E-state index contributed by atoms with van der Waals surface area (Å²) in [5.41, 5.74) is 1.15. The standard InChI is InChI=1S/C17H26ClN5O.HI/c1-4-19-17(20-13-16(24)21(2)3)23-10-8-22(9-11-23)15-7-5-6-14(18)12-15;/h5-7,12H,4,8-11,13H2,1-3H3,(H,19,20);1H. The number of carbonyl (C=O) groups is 1. The Morgan fingerprint density at radius 2 is 1.96 bits per heavy atom. The Labute approximate surface area is 172 Å². The van der Waals surface area contributed by atoms with Crippen LogP contribution in [0.3, 0.4) is 0 Å². The van der Waals surface area contributed by atoms with E-state index >= 15 is 0 Å². The predicted octanol–water partition coefficient (Wildman–Crippen LogP) is 2.13. The molecule has 0 atom stereocenters. The molecule has 0 spiro atoms. The first-order valence-electron chi connectivity index (χ1n) is 8.25. The van der Waals surface area contributed by atoms with Crippen LogP contribution in [0, 0.1) is 0 Å². The average Bonchev–Trinajstić information content (AvgIpc) is 2.58. The normalized spacial score (nSPS) is 14.8. The minimum atomic E-state index is 0. The Balaban J connectivity index is 0.00000312. The van der Waals surface area contributed by atoms with E-state index in [-0.39, 0.29) is 36.4 Å². The summed E-state index contributed by atoms with van der Waals surface area (Å²) in [6.07, 6.45) is 0. The molecule has 2 rings (SSSR count). The van der Waals surface area contributed by atoms with Crippen molar-refractivity contribution < 1.29 is 4.79 Å². The summed E-state index contributed by atoms with van der Waals surface area (Å²) in [5, 5.41) is 4.03. The van der Waals surface area contributed by atoms with E-state index in [1.807, 2.05) is 25.1 Å². The molecule has 0 aromatic heterocycles. The number of hydrogen-bond donors (Lipinski definition) is 1. The van der Waals surface area contributed by atoms with E-state index < -0.39 is 0 Å². The maximum Gasteiger partial charge on any atom is 0.243 e. The number of hydrogen-bond acceptors (Lipinski definition) is 3. The van der Waals surface area contributed by atoms with Crippen LogP contribution in [0.15, 0.2) is 29.3 Å². The number of nitrogens with zero attached hydrogens (tertiary/aromatic N) is 4. The second-order valence-electron chi connectivity index (χ2n) is 5.91. The Kier molecular flexibility index (Phi) is 9.34. The molecule has 1 N–H and O–H groups in total. The molecule has 1 saturated heterocycles. The third kappa shape index (κ3) is 6.54. The first kappa shape index (κ1) is 21.8. The minimum absolute atomic E-state index is 0. The molecule has 25 heavy (non-hydrogen) atoms. The molecule has 1 aromatic carbocycles. The number of anilines is 1. The van der Waals surface area contributed by atoms with E-state index in [0.29, 0.717) is 0 Å². The van der Waals surface area contributed by atoms with Gasteiger partial charge in [-0.2, -0.15) is 0 Å². The number of guanidine groups is 1. The van der Waals surface area contributed by atoms with Crippen molar-refractivity contribution in [2.75, 3.05) is 58.3 Å². The molecule has 1 heterocycles. The molecule has 1 fully saturated rings. The summed E-state index contributed by atoms with van der Waals surface area (Å²) in [4.78, 5) is 22.3. The van der Waals surface area contributed by atoms with Gasteiger partial charge in [0.05, 0.1) is 0 Å². The van der Waals surface area contributed by atoms with Gasteiger partial charge in [0.15, 0.2) is 5.96 Å². The van der Waals surface area contributed by atoms with Gasteiger partial charge < -0.3 is 20.0 Å². The van der Waals surface area contributed by atoms with E-state index in [1.54, 1.807) is 19.0 Å². The summed E-state index contributed by atoms with van der Waals surface area (Å²) in [5.74, 6) is 0.807. The summed E-state index contributed by atoms with van der Waals surface area (Å²) in [7, 11) is 3.49. The van der Waals surface area contributed by atoms with Crippen LogP contribution in [0.25, 0.3) is 0 Å². The molecule has 0 unspecified atom stereocenters. The third-order valence-electron chi connectivity index (χ3n) is 3.95. The SMILES string of the molecule is CCNC(=NCC(=O)N(C)C)N1CCN(c2cccc(Cl)c2)CC1.I. The lowest BCUT2D eigenvalue weighted by Gasteiger charge is -2.37. The molecule has 0 radical (unpaired) electrons. The lowest BCUT2D eigenvalue weighted by molar-refractivity contribution is -0.127. The van der Waals surface area contributed by atoms with Crippen LogP contribution in [0.2, 0.25) is 5.02 Å². The highest BCUT2D eigenvalue weighted by Crippen LogP contribution is 2.20. The van der Waals surface area contributed by atoms with Crippen molar-refractivity contribution >= 4 is 53.1 Å². The van der Waals surface area contributed by atoms with Crippen LogP contribution in [0.5, 0.6) is 0 Å². The highest BCUT2D eigenvalue weighted by molar-refractivity contribution is 14.0. The van der Waals surface area contributed by atoms with Gasteiger partial charge in [0.1, 0.15) is 6.54 Å². The van der Waals surface area contributed by atoms with E-state index in [4.69, 9.17) is 11.6 Å². The van der Waals surface area contributed by atoms with Gasteiger partial charge in [0, 0.05) is 57.5 Å². The summed E-state index contributed by atoms with van der Waals surface area (Å²) >= 11 is 6.08. The van der Waals surface area contributed by atoms with Crippen LogP contribution in [-0.4, -0.2) is 75.0 Å². The average molecular weight is 480 g/mol. The molecule has 0 saturated carbocycles. The second-order valence-corrected chi connectivity index (χ2v) is 6.35. The van der Waals surface area contributed by atoms with Crippen molar-refractivity contribution in [3.63, 3.8) is 0 Å². The second kappa shape index (κ2) is 10.7. The van der Waals surface area contributed by atoms with Crippen LogP contribution in [0.4, 0.5) is 5.69 Å². The first-order chi connectivity index (χ1) is 11.5. The zero-order valence-electron chi connectivity index (χ0n) is 15.0. The van der Waals surface area contributed by atoms with Crippen LogP contribution < -0.4 is 10.2 Å². The topological polar surface area (TPSA) is 51.2 Å². The van der Waals surface area contributed by atoms with Crippen molar-refractivity contribution in [3.8, 4) is 0 Å². The molecule has 1 amide bonds. The fraction of sp³-hybridized carbons (Fsp3) is 0.529. The molecule has 140 valence electrons. The van der Waals surface area contributed by atoms with Crippen LogP contribution >= 0.6 is 35.6 Å². The zero-order chi connectivity index (χ0) is 17.5. The fourth-order valence-corrected chi connectivity index (χ4v) is 2.74. The Morgan fingerprint density at radius 3 is 2.52 bits per heavy atom. The van der Waals surface area contributed by atoms with E-state index in [9.17, 15) is 4.79 Å². The minimum Gasteiger partial charge on any atom is -0.368 e. The number of halogens is 2. The molecule has 1 aliphatic heterocycles. The number of nitrogens with one attached hydrogen (secondary N) is 1. The molecular weight excluding hydrogens is 453 g/mol. The fourth-order valence-electron chi connectivity index (χ4n) is 2.56. The van der Waals surface area contributed by atoms with Crippen molar-refractivity contribution in [2.45, 2.75) is 6.92 Å². The summed E-state index contributed by atoms with van der Waals surface area (Å²) < 4.78 is 0. The van der Waals surface area contributed by atoms with Gasteiger partial charge in [-0.1, -0.05) is 17.7 Å². The molecule has 6 nitrogen and oxygen atoms in total. The number of rotatable bonds is 4. The molecule has 1 aromatic rings. The van der Waals surface area contributed by atoms with Gasteiger partial charge in [-0.15, -0.1) is 24.0 Å². The first-order valence-corrected chi connectivity index (χ1v) is 8.63. The number of benzene rings is 1. The number of carbonyl (C=O) groups excluding carboxylic acids is 1. The molecular formula is C17H27ClIN5O. The van der Waals surface area contributed by atoms with Crippen molar-refractivity contribution in [1.82, 2.24) is 15.1 Å². The molecule has 0 aliphatic carbocycles. The van der Waals surface area contributed by atoms with Crippen molar-refractivity contribution in [2.24, 2.45) is 4.99 Å². The van der Waals surface area contributed by atoms with Crippen LogP contribution in [-0.2, 0) is 4.79 Å². The van der Waals surface area contributed by atoms with Gasteiger partial charge in [0.2, 0.25) is 5.91 Å². The Morgan fingerprint density at radius 1 is 1.28 bits per heavy atom. The van der Waals surface area contributed by atoms with Gasteiger partial charge in [-0.25, -0.2) is 4.99 Å². The van der Waals surface area contributed by atoms with Crippen molar-refractivity contribution in [1.29, 1.82) is 0 Å². The van der Waals surface area contributed by atoms with E-state index in [1.165, 1.54) is 0 Å². The van der Waals surface area contributed by atoms with E-state index in [2.05, 4.69) is 26.2 Å². The highest BCUT2D eigenvalue weighted by Gasteiger charge is 2.20. The zero-order valence-corrected chi connectivity index (χ0v) is 18.1. The third-order valence-corrected chi connectivity index (χ3v) is 4.19. The van der Waals surface area contributed by atoms with Gasteiger partial charge in [0.25, 0.3) is 0 Å². The molecule has 8 heteroatoms. The van der Waals surface area contributed by atoms with E-state index in [0.717, 1.165) is 49.4 Å². The smallest absolute Gasteiger partial charge is 0.243 e.